The minimum absolute atomic E-state index is 0.0175. The van der Waals surface area contributed by atoms with Crippen LogP contribution in [0.1, 0.15) is 65.7 Å². The van der Waals surface area contributed by atoms with Gasteiger partial charge in [-0.15, -0.1) is 0 Å². The van der Waals surface area contributed by atoms with Gasteiger partial charge in [0.15, 0.2) is 0 Å². The van der Waals surface area contributed by atoms with E-state index in [9.17, 15) is 0 Å². The highest BCUT2D eigenvalue weighted by Crippen LogP contribution is 2.40. The van der Waals surface area contributed by atoms with Crippen LogP contribution in [0.25, 0.3) is 0 Å². The molecule has 2 fully saturated rings. The monoisotopic (exact) mass is 268 g/mol. The quantitative estimate of drug-likeness (QED) is 0.833. The normalized spacial score (nSPS) is 37.1. The number of rotatable bonds is 5. The molecular formula is C16H32N2O. The number of ether oxygens (including phenoxy) is 1. The van der Waals surface area contributed by atoms with E-state index in [-0.39, 0.29) is 11.1 Å². The third-order valence-electron chi connectivity index (χ3n) is 5.56. The van der Waals surface area contributed by atoms with Crippen LogP contribution < -0.4 is 5.73 Å². The van der Waals surface area contributed by atoms with E-state index in [1.165, 1.54) is 25.7 Å². The fourth-order valence-corrected chi connectivity index (χ4v) is 4.28. The van der Waals surface area contributed by atoms with Crippen molar-refractivity contribution in [1.29, 1.82) is 0 Å². The number of nitrogens with zero attached hydrogens (tertiary/aromatic N) is 1. The van der Waals surface area contributed by atoms with Gasteiger partial charge in [-0.1, -0.05) is 26.7 Å². The lowest BCUT2D eigenvalue weighted by molar-refractivity contribution is -0.135. The Labute approximate surface area is 118 Å². The highest BCUT2D eigenvalue weighted by atomic mass is 16.5. The van der Waals surface area contributed by atoms with Crippen molar-refractivity contribution in [2.24, 2.45) is 5.73 Å². The van der Waals surface area contributed by atoms with Crippen LogP contribution in [-0.2, 0) is 4.74 Å². The lowest BCUT2D eigenvalue weighted by atomic mass is 9.77. The summed E-state index contributed by atoms with van der Waals surface area (Å²) >= 11 is 0. The SMILES string of the molecule is CCN(C1CCCC1)C1(CN)CCOC(C)(CC)C1. The summed E-state index contributed by atoms with van der Waals surface area (Å²) in [6.45, 7) is 9.56. The van der Waals surface area contributed by atoms with Gasteiger partial charge in [0.2, 0.25) is 0 Å². The first-order valence-electron chi connectivity index (χ1n) is 8.20. The first kappa shape index (κ1) is 15.3. The van der Waals surface area contributed by atoms with Gasteiger partial charge in [0.25, 0.3) is 0 Å². The molecule has 0 aromatic carbocycles. The molecule has 2 rings (SSSR count). The van der Waals surface area contributed by atoms with Crippen LogP contribution in [-0.4, -0.2) is 41.8 Å². The van der Waals surface area contributed by atoms with Crippen molar-refractivity contribution >= 4 is 0 Å². The lowest BCUT2D eigenvalue weighted by Gasteiger charge is -2.53. The van der Waals surface area contributed by atoms with Crippen molar-refractivity contribution in [3.05, 3.63) is 0 Å². The molecule has 2 N–H and O–H groups in total. The zero-order valence-corrected chi connectivity index (χ0v) is 13.1. The van der Waals surface area contributed by atoms with Crippen molar-refractivity contribution < 1.29 is 4.74 Å². The standard InChI is InChI=1S/C16H32N2O/c1-4-15(3)12-16(13-17,10-11-19-15)18(5-2)14-8-6-7-9-14/h14H,4-13,17H2,1-3H3. The molecule has 2 aliphatic rings. The van der Waals surface area contributed by atoms with Crippen molar-refractivity contribution in [2.75, 3.05) is 19.7 Å². The molecule has 3 heteroatoms. The molecule has 19 heavy (non-hydrogen) atoms. The molecular weight excluding hydrogens is 236 g/mol. The average Bonchev–Trinajstić information content (AvgIpc) is 2.93. The van der Waals surface area contributed by atoms with Crippen LogP contribution in [0.2, 0.25) is 0 Å². The second-order valence-corrected chi connectivity index (χ2v) is 6.73. The molecule has 2 atom stereocenters. The van der Waals surface area contributed by atoms with E-state index < -0.39 is 0 Å². The minimum Gasteiger partial charge on any atom is -0.375 e. The third-order valence-corrected chi connectivity index (χ3v) is 5.56. The van der Waals surface area contributed by atoms with Crippen molar-refractivity contribution in [3.8, 4) is 0 Å². The number of likely N-dealkylation sites (N-methyl/N-ethyl adjacent to an activating group) is 1. The van der Waals surface area contributed by atoms with Crippen molar-refractivity contribution in [2.45, 2.75) is 82.9 Å². The highest BCUT2D eigenvalue weighted by Gasteiger charge is 2.46. The maximum absolute atomic E-state index is 6.26. The Balaban J connectivity index is 2.19. The van der Waals surface area contributed by atoms with Gasteiger partial charge >= 0.3 is 0 Å². The molecule has 112 valence electrons. The topological polar surface area (TPSA) is 38.5 Å². The summed E-state index contributed by atoms with van der Waals surface area (Å²) in [5.74, 6) is 0. The van der Waals surface area contributed by atoms with E-state index in [4.69, 9.17) is 10.5 Å². The van der Waals surface area contributed by atoms with Crippen LogP contribution >= 0.6 is 0 Å². The Hall–Kier alpha value is -0.120. The molecule has 1 saturated heterocycles. The molecule has 3 nitrogen and oxygen atoms in total. The summed E-state index contributed by atoms with van der Waals surface area (Å²) in [7, 11) is 0. The van der Waals surface area contributed by atoms with Gasteiger partial charge in [0.05, 0.1) is 5.60 Å². The first-order valence-corrected chi connectivity index (χ1v) is 8.20. The van der Waals surface area contributed by atoms with E-state index >= 15 is 0 Å². The Morgan fingerprint density at radius 1 is 1.26 bits per heavy atom. The van der Waals surface area contributed by atoms with Crippen LogP contribution in [0.3, 0.4) is 0 Å². The minimum atomic E-state index is 0.0175. The van der Waals surface area contributed by atoms with E-state index in [2.05, 4.69) is 25.7 Å². The van der Waals surface area contributed by atoms with Gasteiger partial charge in [-0.3, -0.25) is 4.90 Å². The second-order valence-electron chi connectivity index (χ2n) is 6.73. The Morgan fingerprint density at radius 3 is 2.47 bits per heavy atom. The summed E-state index contributed by atoms with van der Waals surface area (Å²) in [6, 6.07) is 0.757. The maximum Gasteiger partial charge on any atom is 0.0670 e. The van der Waals surface area contributed by atoms with Gasteiger partial charge in [0.1, 0.15) is 0 Å². The van der Waals surface area contributed by atoms with E-state index in [1.807, 2.05) is 0 Å². The molecule has 0 amide bonds. The predicted octanol–water partition coefficient (Wildman–Crippen LogP) is 2.93. The van der Waals surface area contributed by atoms with Gasteiger partial charge in [-0.05, 0) is 45.6 Å². The average molecular weight is 268 g/mol. The summed E-state index contributed by atoms with van der Waals surface area (Å²) in [4.78, 5) is 2.73. The Bertz CT molecular complexity index is 290. The van der Waals surface area contributed by atoms with E-state index in [0.29, 0.717) is 0 Å². The van der Waals surface area contributed by atoms with Crippen LogP contribution in [0.15, 0.2) is 0 Å². The molecule has 1 saturated carbocycles. The largest absolute Gasteiger partial charge is 0.375 e. The molecule has 0 aromatic rings. The summed E-state index contributed by atoms with van der Waals surface area (Å²) in [5.41, 5.74) is 6.45. The molecule has 1 aliphatic carbocycles. The molecule has 1 heterocycles. The maximum atomic E-state index is 6.26. The predicted molar refractivity (Wildman–Crippen MR) is 80.3 cm³/mol. The summed E-state index contributed by atoms with van der Waals surface area (Å²) in [6.07, 6.45) is 8.78. The lowest BCUT2D eigenvalue weighted by Crippen LogP contribution is -2.63. The smallest absolute Gasteiger partial charge is 0.0670 e. The summed E-state index contributed by atoms with van der Waals surface area (Å²) in [5, 5.41) is 0. The van der Waals surface area contributed by atoms with E-state index in [1.54, 1.807) is 0 Å². The fourth-order valence-electron chi connectivity index (χ4n) is 4.28. The molecule has 0 spiro atoms. The zero-order chi connectivity index (χ0) is 13.9. The number of hydrogen-bond donors (Lipinski definition) is 1. The van der Waals surface area contributed by atoms with Gasteiger partial charge in [-0.2, -0.15) is 0 Å². The third kappa shape index (κ3) is 2.98. The first-order chi connectivity index (χ1) is 9.09. The zero-order valence-electron chi connectivity index (χ0n) is 13.1. The summed E-state index contributed by atoms with van der Waals surface area (Å²) < 4.78 is 6.05. The fraction of sp³-hybridized carbons (Fsp3) is 1.00. The van der Waals surface area contributed by atoms with Crippen molar-refractivity contribution in [1.82, 2.24) is 4.90 Å². The highest BCUT2D eigenvalue weighted by molar-refractivity contribution is 5.02. The molecule has 0 radical (unpaired) electrons. The number of nitrogens with two attached hydrogens (primary N) is 1. The van der Waals surface area contributed by atoms with Gasteiger partial charge < -0.3 is 10.5 Å². The van der Waals surface area contributed by atoms with Crippen LogP contribution in [0, 0.1) is 0 Å². The number of hydrogen-bond acceptors (Lipinski definition) is 3. The second kappa shape index (κ2) is 6.11. The van der Waals surface area contributed by atoms with Crippen molar-refractivity contribution in [3.63, 3.8) is 0 Å². The Morgan fingerprint density at radius 2 is 1.95 bits per heavy atom. The van der Waals surface area contributed by atoms with Crippen LogP contribution in [0.4, 0.5) is 0 Å². The molecule has 1 aliphatic heterocycles. The van der Waals surface area contributed by atoms with E-state index in [0.717, 1.165) is 45.0 Å². The van der Waals surface area contributed by atoms with Gasteiger partial charge in [-0.25, -0.2) is 0 Å². The molecule has 0 bridgehead atoms. The van der Waals surface area contributed by atoms with Crippen LogP contribution in [0.5, 0.6) is 0 Å². The molecule has 2 unspecified atom stereocenters. The molecule has 0 aromatic heterocycles. The van der Waals surface area contributed by atoms with Gasteiger partial charge in [0, 0.05) is 24.7 Å². The Kier molecular flexibility index (Phi) is 4.91.